The van der Waals surface area contributed by atoms with Crippen molar-refractivity contribution in [2.24, 2.45) is 7.05 Å². The second kappa shape index (κ2) is 15.2. The summed E-state index contributed by atoms with van der Waals surface area (Å²) in [5.41, 5.74) is 0. The van der Waals surface area contributed by atoms with Crippen LogP contribution in [-0.2, 0) is 13.6 Å². The number of nitrogens with zero attached hydrogens (tertiary/aromatic N) is 2. The number of aryl methyl sites for hydroxylation is 2. The van der Waals surface area contributed by atoms with Crippen molar-refractivity contribution in [2.75, 3.05) is 0 Å². The van der Waals surface area contributed by atoms with Crippen LogP contribution in [0.4, 0.5) is 0 Å². The van der Waals surface area contributed by atoms with Gasteiger partial charge in [-0.25, -0.2) is 9.13 Å². The predicted molar refractivity (Wildman–Crippen MR) is 110 cm³/mol. The Balaban J connectivity index is 1.81. The molecular weight excluding hydrogens is 304 g/mol. The highest BCUT2D eigenvalue weighted by molar-refractivity contribution is 4.81. The van der Waals surface area contributed by atoms with E-state index in [0.29, 0.717) is 0 Å². The zero-order valence-corrected chi connectivity index (χ0v) is 17.3. The summed E-state index contributed by atoms with van der Waals surface area (Å²) in [6, 6.07) is 0. The second-order valence-electron chi connectivity index (χ2n) is 7.59. The van der Waals surface area contributed by atoms with Crippen molar-refractivity contribution in [3.63, 3.8) is 0 Å². The van der Waals surface area contributed by atoms with Crippen LogP contribution in [0.2, 0.25) is 0 Å². The molecule has 0 fully saturated rings. The lowest BCUT2D eigenvalue weighted by molar-refractivity contribution is -0.677. The second-order valence-corrected chi connectivity index (χ2v) is 7.59. The van der Waals surface area contributed by atoms with Crippen LogP contribution in [0.5, 0.6) is 0 Å². The SMILES string of the molecule is CCCCCCCC/C=C\CCCCCCCCn1cc[n+](C)c1C. The van der Waals surface area contributed by atoms with E-state index in [9.17, 15) is 0 Å². The summed E-state index contributed by atoms with van der Waals surface area (Å²) in [5.74, 6) is 1.35. The molecule has 2 heteroatoms. The molecule has 1 rings (SSSR count). The molecular formula is C23H43N2+. The third-order valence-electron chi connectivity index (χ3n) is 5.31. The van der Waals surface area contributed by atoms with Crippen molar-refractivity contribution in [3.05, 3.63) is 30.4 Å². The number of rotatable bonds is 16. The van der Waals surface area contributed by atoms with E-state index in [1.165, 1.54) is 102 Å². The van der Waals surface area contributed by atoms with E-state index in [4.69, 9.17) is 0 Å². The van der Waals surface area contributed by atoms with Crippen LogP contribution in [0.15, 0.2) is 24.5 Å². The maximum atomic E-state index is 2.42. The Labute approximate surface area is 157 Å². The Morgan fingerprint density at radius 2 is 1.32 bits per heavy atom. The lowest BCUT2D eigenvalue weighted by atomic mass is 10.1. The Morgan fingerprint density at radius 1 is 0.800 bits per heavy atom. The van der Waals surface area contributed by atoms with Crippen molar-refractivity contribution in [1.29, 1.82) is 0 Å². The molecule has 0 N–H and O–H groups in total. The number of hydrogen-bond donors (Lipinski definition) is 0. The Hall–Kier alpha value is -1.05. The van der Waals surface area contributed by atoms with E-state index in [2.05, 4.69) is 54.6 Å². The Kier molecular flexibility index (Phi) is 13.4. The summed E-state index contributed by atoms with van der Waals surface area (Å²) >= 11 is 0. The number of allylic oxidation sites excluding steroid dienone is 2. The molecule has 1 aromatic heterocycles. The van der Waals surface area contributed by atoms with E-state index in [1.807, 2.05) is 0 Å². The fraction of sp³-hybridized carbons (Fsp3) is 0.783. The molecule has 0 aliphatic carbocycles. The molecule has 1 heterocycles. The van der Waals surface area contributed by atoms with Gasteiger partial charge in [-0.15, -0.1) is 0 Å². The summed E-state index contributed by atoms with van der Waals surface area (Å²) < 4.78 is 4.56. The van der Waals surface area contributed by atoms with Gasteiger partial charge in [0.1, 0.15) is 12.4 Å². The van der Waals surface area contributed by atoms with E-state index in [0.717, 1.165) is 0 Å². The molecule has 0 amide bonds. The first-order valence-corrected chi connectivity index (χ1v) is 10.9. The molecule has 2 nitrogen and oxygen atoms in total. The molecule has 0 saturated carbocycles. The van der Waals surface area contributed by atoms with Gasteiger partial charge in [-0.1, -0.05) is 70.4 Å². The molecule has 1 aromatic rings. The summed E-state index contributed by atoms with van der Waals surface area (Å²) in [6.07, 6.45) is 28.5. The third kappa shape index (κ3) is 11.2. The van der Waals surface area contributed by atoms with Crippen molar-refractivity contribution in [1.82, 2.24) is 4.57 Å². The van der Waals surface area contributed by atoms with Crippen molar-refractivity contribution < 1.29 is 4.57 Å². The first kappa shape index (κ1) is 22.0. The fourth-order valence-corrected chi connectivity index (χ4v) is 3.36. The summed E-state index contributed by atoms with van der Waals surface area (Å²) in [4.78, 5) is 0. The molecule has 0 spiro atoms. The highest BCUT2D eigenvalue weighted by Crippen LogP contribution is 2.10. The Bertz CT molecular complexity index is 445. The normalized spacial score (nSPS) is 11.6. The molecule has 0 radical (unpaired) electrons. The highest BCUT2D eigenvalue weighted by Gasteiger charge is 2.07. The maximum absolute atomic E-state index is 2.42. The van der Waals surface area contributed by atoms with Crippen LogP contribution in [-0.4, -0.2) is 4.57 Å². The molecule has 144 valence electrons. The molecule has 25 heavy (non-hydrogen) atoms. The average Bonchev–Trinajstić information content (AvgIpc) is 2.93. The van der Waals surface area contributed by atoms with Gasteiger partial charge in [-0.2, -0.15) is 0 Å². The van der Waals surface area contributed by atoms with Crippen LogP contribution in [0.1, 0.15) is 103 Å². The van der Waals surface area contributed by atoms with Crippen LogP contribution < -0.4 is 4.57 Å². The van der Waals surface area contributed by atoms with Gasteiger partial charge in [-0.05, 0) is 38.5 Å². The molecule has 0 aliphatic rings. The Morgan fingerprint density at radius 3 is 1.84 bits per heavy atom. The zero-order chi connectivity index (χ0) is 18.2. The van der Waals surface area contributed by atoms with E-state index in [1.54, 1.807) is 0 Å². The summed E-state index contributed by atoms with van der Waals surface area (Å²) in [5, 5.41) is 0. The summed E-state index contributed by atoms with van der Waals surface area (Å²) in [6.45, 7) is 5.65. The molecule has 0 aromatic carbocycles. The minimum atomic E-state index is 1.17. The summed E-state index contributed by atoms with van der Waals surface area (Å²) in [7, 11) is 2.12. The number of hydrogen-bond acceptors (Lipinski definition) is 0. The van der Waals surface area contributed by atoms with Crippen molar-refractivity contribution >= 4 is 0 Å². The van der Waals surface area contributed by atoms with Crippen LogP contribution in [0.25, 0.3) is 0 Å². The highest BCUT2D eigenvalue weighted by atomic mass is 15.1. The minimum Gasteiger partial charge on any atom is -0.237 e. The van der Waals surface area contributed by atoms with E-state index < -0.39 is 0 Å². The van der Waals surface area contributed by atoms with Crippen LogP contribution in [0.3, 0.4) is 0 Å². The third-order valence-corrected chi connectivity index (χ3v) is 5.31. The van der Waals surface area contributed by atoms with Gasteiger partial charge < -0.3 is 0 Å². The predicted octanol–water partition coefficient (Wildman–Crippen LogP) is 6.66. The van der Waals surface area contributed by atoms with E-state index in [-0.39, 0.29) is 0 Å². The topological polar surface area (TPSA) is 8.81 Å². The van der Waals surface area contributed by atoms with Gasteiger partial charge in [-0.3, -0.25) is 0 Å². The fourth-order valence-electron chi connectivity index (χ4n) is 3.36. The number of aromatic nitrogens is 2. The molecule has 0 aliphatic heterocycles. The van der Waals surface area contributed by atoms with Crippen molar-refractivity contribution in [2.45, 2.75) is 110 Å². The number of unbranched alkanes of at least 4 members (excludes halogenated alkanes) is 12. The largest absolute Gasteiger partial charge is 0.253 e. The van der Waals surface area contributed by atoms with Gasteiger partial charge in [0, 0.05) is 6.92 Å². The molecule has 0 bridgehead atoms. The molecule has 0 unspecified atom stereocenters. The van der Waals surface area contributed by atoms with Gasteiger partial charge in [0.05, 0.1) is 13.6 Å². The van der Waals surface area contributed by atoms with Gasteiger partial charge in [0.15, 0.2) is 0 Å². The molecule has 0 atom stereocenters. The minimum absolute atomic E-state index is 1.17. The van der Waals surface area contributed by atoms with Gasteiger partial charge in [0.2, 0.25) is 0 Å². The maximum Gasteiger partial charge on any atom is 0.253 e. The van der Waals surface area contributed by atoms with Crippen LogP contribution >= 0.6 is 0 Å². The van der Waals surface area contributed by atoms with Crippen LogP contribution in [0, 0.1) is 6.92 Å². The first-order chi connectivity index (χ1) is 12.3. The molecule has 0 saturated heterocycles. The average molecular weight is 348 g/mol. The zero-order valence-electron chi connectivity index (χ0n) is 17.3. The standard InChI is InChI=1S/C23H43N2/c1-4-5-6-7-8-9-10-11-12-13-14-15-16-17-18-19-20-25-22-21-24(3)23(25)2/h11-12,21-22H,4-10,13-20H2,1-3H3/q+1/b12-11-. The monoisotopic (exact) mass is 347 g/mol. The van der Waals surface area contributed by atoms with Gasteiger partial charge >= 0.3 is 0 Å². The lowest BCUT2D eigenvalue weighted by Gasteiger charge is -2.01. The quantitative estimate of drug-likeness (QED) is 0.180. The smallest absolute Gasteiger partial charge is 0.237 e. The van der Waals surface area contributed by atoms with Gasteiger partial charge in [0.25, 0.3) is 5.82 Å². The van der Waals surface area contributed by atoms with E-state index >= 15 is 0 Å². The number of imidazole rings is 1. The lowest BCUT2D eigenvalue weighted by Crippen LogP contribution is -2.29. The first-order valence-electron chi connectivity index (χ1n) is 10.9. The van der Waals surface area contributed by atoms with Crippen molar-refractivity contribution in [3.8, 4) is 0 Å².